The number of nitrogens with one attached hydrogen (secondary N) is 1. The van der Waals surface area contributed by atoms with Crippen molar-refractivity contribution in [2.75, 3.05) is 37.4 Å². The Morgan fingerprint density at radius 1 is 0.973 bits per heavy atom. The summed E-state index contributed by atoms with van der Waals surface area (Å²) in [6.07, 6.45) is 1.45. The Hall–Kier alpha value is -3.38. The molecule has 3 rings (SSSR count). The number of halogens is 1. The molecule has 3 aromatic carbocycles. The van der Waals surface area contributed by atoms with Gasteiger partial charge in [0.15, 0.2) is 0 Å². The van der Waals surface area contributed by atoms with E-state index in [9.17, 15) is 21.6 Å². The van der Waals surface area contributed by atoms with Crippen molar-refractivity contribution in [1.29, 1.82) is 0 Å². The lowest BCUT2D eigenvalue weighted by molar-refractivity contribution is 0.102. The average Bonchev–Trinajstić information content (AvgIpc) is 2.87. The maximum atomic E-state index is 13.5. The SMILES string of the molecule is C=CCN(c1ccc(Cl)cc1)S(=O)(=O)c1cccc(C(=O)Nc2cc(S(=O)(=O)N(C)C)ccc2OC)c1. The molecule has 0 aromatic heterocycles. The maximum Gasteiger partial charge on any atom is 0.264 e. The Balaban J connectivity index is 1.97. The summed E-state index contributed by atoms with van der Waals surface area (Å²) in [6.45, 7) is 3.63. The van der Waals surface area contributed by atoms with Gasteiger partial charge < -0.3 is 10.1 Å². The summed E-state index contributed by atoms with van der Waals surface area (Å²) in [5.41, 5.74) is 0.527. The lowest BCUT2D eigenvalue weighted by Crippen LogP contribution is -2.31. The molecule has 0 atom stereocenters. The molecule has 0 saturated heterocycles. The van der Waals surface area contributed by atoms with E-state index in [1.54, 1.807) is 24.3 Å². The van der Waals surface area contributed by atoms with E-state index < -0.39 is 26.0 Å². The summed E-state index contributed by atoms with van der Waals surface area (Å²) in [4.78, 5) is 12.9. The van der Waals surface area contributed by atoms with Gasteiger partial charge in [-0.2, -0.15) is 0 Å². The Labute approximate surface area is 222 Å². The van der Waals surface area contributed by atoms with Gasteiger partial charge in [-0.05, 0) is 60.7 Å². The average molecular weight is 564 g/mol. The first-order valence-corrected chi connectivity index (χ1v) is 14.1. The van der Waals surface area contributed by atoms with Gasteiger partial charge >= 0.3 is 0 Å². The van der Waals surface area contributed by atoms with Gasteiger partial charge in [0.2, 0.25) is 10.0 Å². The zero-order valence-electron chi connectivity index (χ0n) is 20.4. The summed E-state index contributed by atoms with van der Waals surface area (Å²) in [7, 11) is -3.68. The van der Waals surface area contributed by atoms with E-state index in [1.807, 2.05) is 0 Å². The third kappa shape index (κ3) is 6.13. The van der Waals surface area contributed by atoms with Crippen molar-refractivity contribution in [2.45, 2.75) is 9.79 Å². The molecule has 1 amide bonds. The molecule has 0 aliphatic carbocycles. The number of benzene rings is 3. The Morgan fingerprint density at radius 2 is 1.62 bits per heavy atom. The van der Waals surface area contributed by atoms with Gasteiger partial charge in [0.25, 0.3) is 15.9 Å². The molecule has 9 nitrogen and oxygen atoms in total. The smallest absolute Gasteiger partial charge is 0.264 e. The molecule has 0 radical (unpaired) electrons. The molecule has 0 aliphatic rings. The van der Waals surface area contributed by atoms with E-state index >= 15 is 0 Å². The van der Waals surface area contributed by atoms with Crippen LogP contribution in [0.3, 0.4) is 0 Å². The summed E-state index contributed by atoms with van der Waals surface area (Å²) in [6, 6.07) is 15.9. The Kier molecular flexibility index (Phi) is 8.64. The minimum absolute atomic E-state index is 0.00920. The fourth-order valence-corrected chi connectivity index (χ4v) is 5.88. The molecule has 1 N–H and O–H groups in total. The highest BCUT2D eigenvalue weighted by molar-refractivity contribution is 7.92. The van der Waals surface area contributed by atoms with E-state index in [1.165, 1.54) is 69.7 Å². The molecule has 12 heteroatoms. The fourth-order valence-electron chi connectivity index (χ4n) is 3.34. The van der Waals surface area contributed by atoms with Crippen LogP contribution in [0, 0.1) is 0 Å². The van der Waals surface area contributed by atoms with Gasteiger partial charge in [0, 0.05) is 24.7 Å². The van der Waals surface area contributed by atoms with Crippen molar-refractivity contribution in [3.8, 4) is 5.75 Å². The molecule has 0 aliphatic heterocycles. The molecule has 196 valence electrons. The van der Waals surface area contributed by atoms with Crippen molar-refractivity contribution in [2.24, 2.45) is 0 Å². The number of ether oxygens (including phenoxy) is 1. The van der Waals surface area contributed by atoms with Crippen LogP contribution in [0.2, 0.25) is 5.02 Å². The van der Waals surface area contributed by atoms with Gasteiger partial charge in [0.05, 0.1) is 34.8 Å². The van der Waals surface area contributed by atoms with Crippen molar-refractivity contribution >= 4 is 48.9 Å². The highest BCUT2D eigenvalue weighted by Crippen LogP contribution is 2.30. The summed E-state index contributed by atoms with van der Waals surface area (Å²) >= 11 is 5.94. The fraction of sp³-hybridized carbons (Fsp3) is 0.160. The highest BCUT2D eigenvalue weighted by atomic mass is 35.5. The van der Waals surface area contributed by atoms with E-state index in [2.05, 4.69) is 11.9 Å². The predicted octanol–water partition coefficient (Wildman–Crippen LogP) is 4.23. The third-order valence-electron chi connectivity index (χ3n) is 5.29. The summed E-state index contributed by atoms with van der Waals surface area (Å²) in [5, 5.41) is 3.07. The Morgan fingerprint density at radius 3 is 2.22 bits per heavy atom. The van der Waals surface area contributed by atoms with E-state index in [4.69, 9.17) is 16.3 Å². The molecular formula is C25H26ClN3O6S2. The second-order valence-corrected chi connectivity index (χ2v) is 12.4. The number of hydrogen-bond donors (Lipinski definition) is 1. The number of anilines is 2. The van der Waals surface area contributed by atoms with Gasteiger partial charge in [-0.25, -0.2) is 21.1 Å². The number of sulfonamides is 2. The monoisotopic (exact) mass is 563 g/mol. The first kappa shape index (κ1) is 28.2. The predicted molar refractivity (Wildman–Crippen MR) is 144 cm³/mol. The lowest BCUT2D eigenvalue weighted by atomic mass is 10.2. The van der Waals surface area contributed by atoms with Crippen molar-refractivity contribution in [3.63, 3.8) is 0 Å². The normalized spacial score (nSPS) is 11.7. The van der Waals surface area contributed by atoms with Crippen LogP contribution < -0.4 is 14.4 Å². The summed E-state index contributed by atoms with van der Waals surface area (Å²) < 4.78 is 59.5. The van der Waals surface area contributed by atoms with E-state index in [0.717, 1.165) is 8.61 Å². The minimum atomic E-state index is -4.08. The largest absolute Gasteiger partial charge is 0.495 e. The number of nitrogens with zero attached hydrogens (tertiary/aromatic N) is 2. The van der Waals surface area contributed by atoms with Crippen molar-refractivity contribution < 1.29 is 26.4 Å². The molecule has 0 spiro atoms. The molecule has 0 heterocycles. The molecule has 37 heavy (non-hydrogen) atoms. The highest BCUT2D eigenvalue weighted by Gasteiger charge is 2.25. The van der Waals surface area contributed by atoms with Crippen molar-refractivity contribution in [3.05, 3.63) is 90.0 Å². The number of carbonyl (C=O) groups is 1. The second-order valence-electron chi connectivity index (χ2n) is 7.93. The Bertz CT molecular complexity index is 1520. The number of amides is 1. The lowest BCUT2D eigenvalue weighted by Gasteiger charge is -2.23. The van der Waals surface area contributed by atoms with Crippen LogP contribution in [0.1, 0.15) is 10.4 Å². The zero-order chi connectivity index (χ0) is 27.4. The van der Waals surface area contributed by atoms with Crippen LogP contribution in [-0.4, -0.2) is 54.8 Å². The molecule has 0 unspecified atom stereocenters. The van der Waals surface area contributed by atoms with Crippen LogP contribution in [0.5, 0.6) is 5.75 Å². The van der Waals surface area contributed by atoms with Gasteiger partial charge in [-0.1, -0.05) is 23.7 Å². The second kappa shape index (κ2) is 11.3. The number of hydrogen-bond acceptors (Lipinski definition) is 6. The quantitative estimate of drug-likeness (QED) is 0.369. The number of rotatable bonds is 10. The molecule has 0 saturated carbocycles. The minimum Gasteiger partial charge on any atom is -0.495 e. The maximum absolute atomic E-state index is 13.5. The zero-order valence-corrected chi connectivity index (χ0v) is 22.8. The van der Waals surface area contributed by atoms with Crippen LogP contribution in [0.4, 0.5) is 11.4 Å². The van der Waals surface area contributed by atoms with E-state index in [0.29, 0.717) is 10.7 Å². The standard InChI is InChI=1S/C25H26ClN3O6S2/c1-5-15-29(20-11-9-19(26)10-12-20)37(33,34)21-8-6-7-18(16-21)25(30)27-23-17-22(13-14-24(23)35-4)36(31,32)28(2)3/h5-14,16-17H,1,15H2,2-4H3,(H,27,30). The molecule has 3 aromatic rings. The van der Waals surface area contributed by atoms with Crippen LogP contribution in [0.25, 0.3) is 0 Å². The topological polar surface area (TPSA) is 113 Å². The molecule has 0 bridgehead atoms. The first-order chi connectivity index (χ1) is 17.4. The number of methoxy groups -OCH3 is 1. The summed E-state index contributed by atoms with van der Waals surface area (Å²) in [5.74, 6) is -0.425. The third-order valence-corrected chi connectivity index (χ3v) is 9.14. The molecular weight excluding hydrogens is 538 g/mol. The first-order valence-electron chi connectivity index (χ1n) is 10.8. The van der Waals surface area contributed by atoms with Crippen LogP contribution >= 0.6 is 11.6 Å². The van der Waals surface area contributed by atoms with Gasteiger partial charge in [0.1, 0.15) is 5.75 Å². The molecule has 0 fully saturated rings. The van der Waals surface area contributed by atoms with Crippen LogP contribution in [-0.2, 0) is 20.0 Å². The van der Waals surface area contributed by atoms with Gasteiger partial charge in [-0.3, -0.25) is 9.10 Å². The van der Waals surface area contributed by atoms with Crippen molar-refractivity contribution in [1.82, 2.24) is 4.31 Å². The van der Waals surface area contributed by atoms with Gasteiger partial charge in [-0.15, -0.1) is 6.58 Å². The van der Waals surface area contributed by atoms with E-state index in [-0.39, 0.29) is 33.3 Å². The number of carbonyl (C=O) groups excluding carboxylic acids is 1. The van der Waals surface area contributed by atoms with Crippen LogP contribution in [0.15, 0.2) is 89.2 Å².